The second kappa shape index (κ2) is 6.78. The summed E-state index contributed by atoms with van der Waals surface area (Å²) in [5.74, 6) is 2.35. The van der Waals surface area contributed by atoms with Crippen LogP contribution in [0.15, 0.2) is 24.3 Å². The Morgan fingerprint density at radius 3 is 2.90 bits per heavy atom. The number of nitrogens with zero attached hydrogens (tertiary/aromatic N) is 1. The van der Waals surface area contributed by atoms with Crippen LogP contribution in [0, 0.1) is 0 Å². The lowest BCUT2D eigenvalue weighted by Crippen LogP contribution is -2.14. The molecule has 1 aromatic carbocycles. The van der Waals surface area contributed by atoms with Crippen LogP contribution in [-0.4, -0.2) is 40.8 Å². The third kappa shape index (κ3) is 3.53. The molecule has 0 aliphatic rings. The highest BCUT2D eigenvalue weighted by atomic mass is 32.2. The highest BCUT2D eigenvalue weighted by molar-refractivity contribution is 7.98. The Morgan fingerprint density at radius 1 is 1.40 bits per heavy atom. The number of benzene rings is 1. The third-order valence-electron chi connectivity index (χ3n) is 2.92. The van der Waals surface area contributed by atoms with E-state index < -0.39 is 6.10 Å². The van der Waals surface area contributed by atoms with E-state index in [4.69, 9.17) is 15.6 Å². The highest BCUT2D eigenvalue weighted by Gasteiger charge is 2.07. The zero-order valence-corrected chi connectivity index (χ0v) is 12.1. The van der Waals surface area contributed by atoms with Crippen molar-refractivity contribution in [3.05, 3.63) is 29.8 Å². The minimum atomic E-state index is -0.695. The van der Waals surface area contributed by atoms with Gasteiger partial charge in [-0.2, -0.15) is 11.8 Å². The van der Waals surface area contributed by atoms with Crippen LogP contribution < -0.4 is 10.5 Å². The number of aliphatic hydroxyl groups excluding tert-OH is 2. The number of aromatic nitrogens is 1. The number of nitrogen functional groups attached to an aromatic ring is 1. The van der Waals surface area contributed by atoms with Crippen LogP contribution in [0.1, 0.15) is 5.56 Å². The minimum absolute atomic E-state index is 0.224. The van der Waals surface area contributed by atoms with E-state index in [0.29, 0.717) is 17.3 Å². The number of hydrogen-bond donors (Lipinski definition) is 3. The maximum absolute atomic E-state index is 9.30. The molecule has 0 amide bonds. The molecule has 0 saturated heterocycles. The molecule has 0 radical (unpaired) electrons. The van der Waals surface area contributed by atoms with Gasteiger partial charge >= 0.3 is 0 Å². The Kier molecular flexibility index (Phi) is 5.05. The minimum Gasteiger partial charge on any atom is -0.497 e. The van der Waals surface area contributed by atoms with E-state index >= 15 is 0 Å². The van der Waals surface area contributed by atoms with Gasteiger partial charge < -0.3 is 20.7 Å². The molecule has 1 heterocycles. The predicted molar refractivity (Wildman–Crippen MR) is 82.0 cm³/mol. The first-order chi connectivity index (χ1) is 9.63. The lowest BCUT2D eigenvalue weighted by molar-refractivity contribution is 0.113. The van der Waals surface area contributed by atoms with Crippen LogP contribution in [0.3, 0.4) is 0 Å². The molecule has 0 bridgehead atoms. The van der Waals surface area contributed by atoms with E-state index in [1.54, 1.807) is 7.11 Å². The number of methoxy groups -OCH3 is 1. The molecule has 5 nitrogen and oxygen atoms in total. The summed E-state index contributed by atoms with van der Waals surface area (Å²) in [6, 6.07) is 7.66. The second-order valence-corrected chi connectivity index (χ2v) is 5.47. The maximum Gasteiger partial charge on any atom is 0.128 e. The molecule has 108 valence electrons. The molecular weight excluding hydrogens is 276 g/mol. The summed E-state index contributed by atoms with van der Waals surface area (Å²) >= 11 is 1.51. The number of rotatable bonds is 6. The smallest absolute Gasteiger partial charge is 0.128 e. The quantitative estimate of drug-likeness (QED) is 0.746. The Balaban J connectivity index is 2.16. The van der Waals surface area contributed by atoms with Crippen molar-refractivity contribution in [3.63, 3.8) is 0 Å². The predicted octanol–water partition coefficient (Wildman–Crippen LogP) is 1.41. The molecule has 2 aromatic rings. The van der Waals surface area contributed by atoms with Gasteiger partial charge in [0, 0.05) is 28.5 Å². The van der Waals surface area contributed by atoms with Gasteiger partial charge in [-0.25, -0.2) is 4.98 Å². The number of hydrogen-bond acceptors (Lipinski definition) is 6. The molecule has 0 aliphatic heterocycles. The number of thioether (sulfide) groups is 1. The van der Waals surface area contributed by atoms with Crippen molar-refractivity contribution in [2.75, 3.05) is 25.2 Å². The number of nitrogens with two attached hydrogens (primary N) is 1. The van der Waals surface area contributed by atoms with Gasteiger partial charge in [0.25, 0.3) is 0 Å². The molecule has 0 spiro atoms. The van der Waals surface area contributed by atoms with E-state index in [-0.39, 0.29) is 6.61 Å². The third-order valence-corrected chi connectivity index (χ3v) is 4.05. The average Bonchev–Trinajstić information content (AvgIpc) is 2.46. The summed E-state index contributed by atoms with van der Waals surface area (Å²) in [6.07, 6.45) is -0.695. The number of anilines is 1. The first kappa shape index (κ1) is 14.9. The van der Waals surface area contributed by atoms with Gasteiger partial charge in [-0.1, -0.05) is 0 Å². The summed E-state index contributed by atoms with van der Waals surface area (Å²) in [6.45, 7) is -0.224. The summed E-state index contributed by atoms with van der Waals surface area (Å²) in [4.78, 5) is 4.37. The van der Waals surface area contributed by atoms with Crippen LogP contribution >= 0.6 is 11.8 Å². The number of aliphatic hydroxyl groups is 2. The summed E-state index contributed by atoms with van der Waals surface area (Å²) in [7, 11) is 1.61. The summed E-state index contributed by atoms with van der Waals surface area (Å²) in [5.41, 5.74) is 7.68. The van der Waals surface area contributed by atoms with Gasteiger partial charge in [0.05, 0.1) is 25.3 Å². The molecule has 2 rings (SSSR count). The first-order valence-electron chi connectivity index (χ1n) is 6.24. The van der Waals surface area contributed by atoms with Crippen molar-refractivity contribution in [3.8, 4) is 5.75 Å². The van der Waals surface area contributed by atoms with Crippen molar-refractivity contribution in [2.45, 2.75) is 11.9 Å². The number of ether oxygens (including phenoxy) is 1. The Labute approximate surface area is 121 Å². The SMILES string of the molecule is COc1ccc2cc(CSCC(O)CO)c(N)nc2c1. The van der Waals surface area contributed by atoms with E-state index in [2.05, 4.69) is 4.98 Å². The molecule has 0 saturated carbocycles. The molecular formula is C14H18N2O3S. The van der Waals surface area contributed by atoms with E-state index in [9.17, 15) is 5.11 Å². The molecule has 0 fully saturated rings. The standard InChI is InChI=1S/C14H18N2O3S/c1-19-12-3-2-9-4-10(7-20-8-11(18)6-17)14(15)16-13(9)5-12/h2-5,11,17-18H,6-8H2,1H3,(H2,15,16). The van der Waals surface area contributed by atoms with Gasteiger partial charge in [0.1, 0.15) is 11.6 Å². The van der Waals surface area contributed by atoms with Crippen LogP contribution in [0.25, 0.3) is 10.9 Å². The zero-order valence-electron chi connectivity index (χ0n) is 11.2. The number of fused-ring (bicyclic) bond motifs is 1. The van der Waals surface area contributed by atoms with Gasteiger partial charge in [-0.15, -0.1) is 0 Å². The van der Waals surface area contributed by atoms with Crippen molar-refractivity contribution in [2.24, 2.45) is 0 Å². The fraction of sp³-hybridized carbons (Fsp3) is 0.357. The van der Waals surface area contributed by atoms with E-state index in [1.807, 2.05) is 24.3 Å². The Morgan fingerprint density at radius 2 is 2.20 bits per heavy atom. The van der Waals surface area contributed by atoms with Gasteiger partial charge in [0.2, 0.25) is 0 Å². The monoisotopic (exact) mass is 294 g/mol. The largest absolute Gasteiger partial charge is 0.497 e. The average molecular weight is 294 g/mol. The van der Waals surface area contributed by atoms with Gasteiger partial charge in [-0.05, 0) is 18.2 Å². The van der Waals surface area contributed by atoms with Gasteiger partial charge in [-0.3, -0.25) is 0 Å². The van der Waals surface area contributed by atoms with Crippen LogP contribution in [0.2, 0.25) is 0 Å². The Bertz CT molecular complexity index is 592. The highest BCUT2D eigenvalue weighted by Crippen LogP contribution is 2.25. The first-order valence-corrected chi connectivity index (χ1v) is 7.39. The van der Waals surface area contributed by atoms with Crippen LogP contribution in [-0.2, 0) is 5.75 Å². The summed E-state index contributed by atoms with van der Waals surface area (Å²) in [5, 5.41) is 19.1. The van der Waals surface area contributed by atoms with Crippen molar-refractivity contribution < 1.29 is 14.9 Å². The van der Waals surface area contributed by atoms with Crippen molar-refractivity contribution in [1.82, 2.24) is 4.98 Å². The second-order valence-electron chi connectivity index (χ2n) is 4.44. The van der Waals surface area contributed by atoms with Gasteiger partial charge in [0.15, 0.2) is 0 Å². The fourth-order valence-electron chi connectivity index (χ4n) is 1.81. The summed E-state index contributed by atoms with van der Waals surface area (Å²) < 4.78 is 5.16. The lowest BCUT2D eigenvalue weighted by Gasteiger charge is -2.10. The molecule has 1 aromatic heterocycles. The Hall–Kier alpha value is -1.50. The molecule has 1 unspecified atom stereocenters. The number of pyridine rings is 1. The molecule has 4 N–H and O–H groups in total. The van der Waals surface area contributed by atoms with Crippen LogP contribution in [0.5, 0.6) is 5.75 Å². The maximum atomic E-state index is 9.30. The lowest BCUT2D eigenvalue weighted by atomic mass is 10.1. The molecule has 0 aliphatic carbocycles. The molecule has 1 atom stereocenters. The normalized spacial score (nSPS) is 12.6. The van der Waals surface area contributed by atoms with Crippen molar-refractivity contribution >= 4 is 28.5 Å². The molecule has 6 heteroatoms. The zero-order chi connectivity index (χ0) is 14.5. The molecule has 20 heavy (non-hydrogen) atoms. The van der Waals surface area contributed by atoms with Crippen LogP contribution in [0.4, 0.5) is 5.82 Å². The topological polar surface area (TPSA) is 88.6 Å². The van der Waals surface area contributed by atoms with Crippen molar-refractivity contribution in [1.29, 1.82) is 0 Å². The van der Waals surface area contributed by atoms with E-state index in [1.165, 1.54) is 11.8 Å². The van der Waals surface area contributed by atoms with E-state index in [0.717, 1.165) is 22.2 Å². The fourth-order valence-corrected chi connectivity index (χ4v) is 2.75.